The Hall–Kier alpha value is -8.28. The zero-order chi connectivity index (χ0) is 72.9. The van der Waals surface area contributed by atoms with Gasteiger partial charge in [0.15, 0.2) is 0 Å². The van der Waals surface area contributed by atoms with Gasteiger partial charge >= 0.3 is 5.97 Å². The molecule has 542 valence electrons. The molecule has 0 aromatic heterocycles. The van der Waals surface area contributed by atoms with Crippen molar-refractivity contribution in [2.45, 2.75) is 195 Å². The van der Waals surface area contributed by atoms with E-state index in [-0.39, 0.29) is 97.8 Å². The number of likely N-dealkylation sites (tertiary alicyclic amines) is 1. The Balaban J connectivity index is 0.905. The number of benzene rings is 3. The van der Waals surface area contributed by atoms with Gasteiger partial charge in [-0.05, 0) is 160 Å². The number of fused-ring (bicyclic) bond motifs is 2. The van der Waals surface area contributed by atoms with Crippen LogP contribution in [0.5, 0.6) is 0 Å². The molecular formula is C76H111N11O12. The van der Waals surface area contributed by atoms with Gasteiger partial charge in [-0.1, -0.05) is 123 Å². The Morgan fingerprint density at radius 3 is 2.06 bits per heavy atom. The van der Waals surface area contributed by atoms with Gasteiger partial charge < -0.3 is 67.5 Å². The first-order valence-electron chi connectivity index (χ1n) is 35.2. The van der Waals surface area contributed by atoms with Crippen LogP contribution in [0.2, 0.25) is 0 Å². The average Bonchev–Trinajstić information content (AvgIpc) is 0.806. The lowest BCUT2D eigenvalue weighted by molar-refractivity contribution is -0.141. The third kappa shape index (κ3) is 22.4. The van der Waals surface area contributed by atoms with Crippen molar-refractivity contribution in [1.29, 1.82) is 0 Å². The monoisotopic (exact) mass is 1370 g/mol. The molecule has 1 saturated carbocycles. The molecule has 10 N–H and O–H groups in total. The molecule has 1 aliphatic carbocycles. The first kappa shape index (κ1) is 79.7. The number of piperidine rings is 1. The summed E-state index contributed by atoms with van der Waals surface area (Å²) in [6.07, 6.45) is 10.2. The highest BCUT2D eigenvalue weighted by Gasteiger charge is 2.43. The molecule has 0 unspecified atom stereocenters. The topological polar surface area (TPSA) is 320 Å². The minimum absolute atomic E-state index is 0.0126. The number of unbranched alkanes of at least 4 members (excludes halogenated alkanes) is 1. The van der Waals surface area contributed by atoms with Crippen molar-refractivity contribution < 1.29 is 57.8 Å². The van der Waals surface area contributed by atoms with Crippen molar-refractivity contribution in [2.75, 3.05) is 70.2 Å². The van der Waals surface area contributed by atoms with Gasteiger partial charge in [0, 0.05) is 62.1 Å². The van der Waals surface area contributed by atoms with Crippen LogP contribution in [-0.4, -0.2) is 164 Å². The summed E-state index contributed by atoms with van der Waals surface area (Å²) in [5.74, 6) is -4.88. The molecule has 2 heterocycles. The molecule has 3 aromatic rings. The summed E-state index contributed by atoms with van der Waals surface area (Å²) >= 11 is 0. The summed E-state index contributed by atoms with van der Waals surface area (Å²) < 4.78 is 5.75. The highest BCUT2D eigenvalue weighted by Crippen LogP contribution is 2.46. The van der Waals surface area contributed by atoms with Crippen LogP contribution >= 0.6 is 0 Å². The quantitative estimate of drug-likeness (QED) is 0.0215. The number of carboxylic acid groups (broad SMARTS) is 1. The molecule has 2 aliphatic heterocycles. The predicted octanol–water partition coefficient (Wildman–Crippen LogP) is 7.62. The summed E-state index contributed by atoms with van der Waals surface area (Å²) in [4.78, 5) is 140. The Morgan fingerprint density at radius 2 is 1.41 bits per heavy atom. The number of carbonyl (C=O) groups is 10. The zero-order valence-electron chi connectivity index (χ0n) is 60.7. The van der Waals surface area contributed by atoms with Crippen LogP contribution in [0.1, 0.15) is 175 Å². The first-order chi connectivity index (χ1) is 46.8. The van der Waals surface area contributed by atoms with Crippen molar-refractivity contribution >= 4 is 82.2 Å². The van der Waals surface area contributed by atoms with Crippen LogP contribution in [0.25, 0.3) is 11.6 Å². The number of nitrogens with zero attached hydrogens (tertiary/aromatic N) is 3. The highest BCUT2D eigenvalue weighted by atomic mass is 16.5. The largest absolute Gasteiger partial charge is 0.478 e. The van der Waals surface area contributed by atoms with Gasteiger partial charge in [0.2, 0.25) is 53.2 Å². The number of anilines is 2. The zero-order valence-corrected chi connectivity index (χ0v) is 60.7. The molecule has 3 aliphatic rings. The van der Waals surface area contributed by atoms with E-state index in [0.717, 1.165) is 66.5 Å². The van der Waals surface area contributed by atoms with E-state index in [1.165, 1.54) is 11.8 Å². The van der Waals surface area contributed by atoms with Crippen molar-refractivity contribution in [3.8, 4) is 0 Å². The maximum absolute atomic E-state index is 14.3. The lowest BCUT2D eigenvalue weighted by Crippen LogP contribution is -2.61. The summed E-state index contributed by atoms with van der Waals surface area (Å²) in [7, 11) is 3.24. The van der Waals surface area contributed by atoms with Crippen LogP contribution in [0, 0.1) is 28.6 Å². The number of allylic oxidation sites excluding steroid dienone is 1. The van der Waals surface area contributed by atoms with Gasteiger partial charge in [0.25, 0.3) is 0 Å². The van der Waals surface area contributed by atoms with Crippen LogP contribution in [-0.2, 0) is 64.6 Å². The molecule has 5 atom stereocenters. The number of carboxylic acids is 1. The Labute approximate surface area is 585 Å². The molecule has 3 aromatic carbocycles. The molecule has 23 heteroatoms. The van der Waals surface area contributed by atoms with Gasteiger partial charge in [-0.3, -0.25) is 43.2 Å². The van der Waals surface area contributed by atoms with E-state index < -0.39 is 83.1 Å². The molecule has 0 bridgehead atoms. The highest BCUT2D eigenvalue weighted by molar-refractivity contribution is 6.00. The summed E-state index contributed by atoms with van der Waals surface area (Å²) in [6.45, 7) is 22.1. The summed E-state index contributed by atoms with van der Waals surface area (Å²) in [5.41, 5.74) is 10.5. The average molecular weight is 1370 g/mol. The van der Waals surface area contributed by atoms with Crippen molar-refractivity contribution in [1.82, 2.24) is 41.7 Å². The molecule has 2 fully saturated rings. The second kappa shape index (κ2) is 36.7. The Bertz CT molecular complexity index is 3390. The normalized spacial score (nSPS) is 17.0. The number of hydrogen-bond donors (Lipinski definition) is 9. The molecule has 99 heavy (non-hydrogen) atoms. The standard InChI is InChI=1S/C76H111N11O12/c1-48(2)60(44-51(6)73(97)98)85(13)72(96)67(74(7,8)9)84-71(95)66(78-12)75(10,11)55-23-20-24-56(45-55)81-62(89)46-80-69(93)58(26-18-19-37-77)82-70(94)65(49(3)4)83-61(88)31-41-99-42-32-63(90)86-39-35-76(36-40-86)33-28-52(29-34-76)68(92)79-38-30-64(91)87-47-54-22-14-16-25-57(54)50(5)43-53-21-15-17-27-59(53)87/h14-17,20-25,27,43-45,48-49,52,58,60,65-67,78H,18-19,26,28-42,46-47,77H2,1-13H3,(H,79,92)(H,80,93)(H,81,89)(H,82,94)(H,83,88)(H,84,95)(H,97,98)/b50-43-,51-44+/t58-,60+,65-,66+,67+/m0/s1. The lowest BCUT2D eigenvalue weighted by atomic mass is 9.65. The first-order valence-corrected chi connectivity index (χ1v) is 35.2. The van der Waals surface area contributed by atoms with E-state index >= 15 is 0 Å². The molecule has 23 nitrogen and oxygen atoms in total. The SMILES string of the molecule is CN[C@H](C(=O)N[C@H](C(=O)N(C)[C@H](/C=C(\C)C(=O)O)C(C)C)C(C)(C)C)C(C)(C)c1cccc(NC(=O)CNC(=O)[C@H](CCCCN)NC(=O)[C@@H](NC(=O)CCOCCC(=O)N2CCC3(CCC(C(=O)NCCC(=O)N4Cc5ccccc5/C(C)=C\c5ccccc54)CC3)CC2)C(C)C)c1. The number of rotatable bonds is 32. The van der Waals surface area contributed by atoms with Crippen molar-refractivity contribution in [3.05, 3.63) is 107 Å². The second-order valence-electron chi connectivity index (χ2n) is 29.4. The third-order valence-electron chi connectivity index (χ3n) is 19.9. The Morgan fingerprint density at radius 1 is 0.747 bits per heavy atom. The van der Waals surface area contributed by atoms with E-state index in [1.807, 2.05) is 101 Å². The van der Waals surface area contributed by atoms with Crippen LogP contribution in [0.4, 0.5) is 11.4 Å². The molecule has 1 saturated heterocycles. The maximum Gasteiger partial charge on any atom is 0.331 e. The van der Waals surface area contributed by atoms with Crippen LogP contribution in [0.3, 0.4) is 0 Å². The van der Waals surface area contributed by atoms with Gasteiger partial charge in [-0.25, -0.2) is 4.79 Å². The van der Waals surface area contributed by atoms with E-state index in [4.69, 9.17) is 10.5 Å². The maximum atomic E-state index is 14.3. The van der Waals surface area contributed by atoms with Crippen LogP contribution in [0.15, 0.2) is 84.4 Å². The minimum atomic E-state index is -1.09. The molecule has 1 spiro atoms. The molecule has 0 radical (unpaired) electrons. The predicted molar refractivity (Wildman–Crippen MR) is 385 cm³/mol. The summed E-state index contributed by atoms with van der Waals surface area (Å²) in [5, 5.41) is 29.8. The van der Waals surface area contributed by atoms with Gasteiger partial charge in [0.05, 0.1) is 50.5 Å². The fraction of sp³-hybridized carbons (Fsp3) is 0.579. The van der Waals surface area contributed by atoms with Gasteiger partial charge in [0.1, 0.15) is 18.1 Å². The molecule has 9 amide bonds. The number of aliphatic carboxylic acids is 1. The minimum Gasteiger partial charge on any atom is -0.478 e. The number of para-hydroxylation sites is 1. The smallest absolute Gasteiger partial charge is 0.331 e. The number of carbonyl (C=O) groups excluding carboxylic acids is 9. The van der Waals surface area contributed by atoms with E-state index in [1.54, 1.807) is 52.2 Å². The number of hydrogen-bond acceptors (Lipinski definition) is 13. The van der Waals surface area contributed by atoms with E-state index in [9.17, 15) is 53.1 Å². The fourth-order valence-corrected chi connectivity index (χ4v) is 13.7. The fourth-order valence-electron chi connectivity index (χ4n) is 13.7. The molecular weight excluding hydrogens is 1260 g/mol. The second-order valence-corrected chi connectivity index (χ2v) is 29.4. The molecule has 6 rings (SSSR count). The third-order valence-corrected chi connectivity index (χ3v) is 19.9. The van der Waals surface area contributed by atoms with Crippen molar-refractivity contribution in [2.24, 2.45) is 34.3 Å². The number of likely N-dealkylation sites (N-methyl/N-ethyl adjacent to an activating group) is 2. The number of nitrogens with one attached hydrogen (secondary N) is 7. The van der Waals surface area contributed by atoms with Gasteiger partial charge in [-0.2, -0.15) is 0 Å². The number of nitrogens with two attached hydrogens (primary N) is 1. The number of ether oxygens (including phenoxy) is 1. The summed E-state index contributed by atoms with van der Waals surface area (Å²) in [6, 6.07) is 18.5. The van der Waals surface area contributed by atoms with E-state index in [2.05, 4.69) is 62.4 Å². The number of amides is 9. The van der Waals surface area contributed by atoms with Gasteiger partial charge in [-0.15, -0.1) is 0 Å². The van der Waals surface area contributed by atoms with Crippen molar-refractivity contribution in [3.63, 3.8) is 0 Å². The van der Waals surface area contributed by atoms with Crippen LogP contribution < -0.4 is 47.9 Å². The Kier molecular flexibility index (Phi) is 29.5. The lowest BCUT2D eigenvalue weighted by Gasteiger charge is -2.45. The van der Waals surface area contributed by atoms with E-state index in [0.29, 0.717) is 50.3 Å².